The van der Waals surface area contributed by atoms with Crippen LogP contribution in [-0.4, -0.2) is 14.8 Å². The Hall–Kier alpha value is -3.27. The molecule has 0 bridgehead atoms. The minimum Gasteiger partial charge on any atom is -0.249 e. The molecule has 4 aromatic rings. The molecule has 1 unspecified atom stereocenters. The van der Waals surface area contributed by atoms with Crippen molar-refractivity contribution in [1.82, 2.24) is 14.8 Å². The van der Waals surface area contributed by atoms with Crippen molar-refractivity contribution in [1.29, 1.82) is 0 Å². The predicted molar refractivity (Wildman–Crippen MR) is 105 cm³/mol. The minimum atomic E-state index is -1.58. The third-order valence-electron chi connectivity index (χ3n) is 4.72. The first-order chi connectivity index (χ1) is 13.2. The van der Waals surface area contributed by atoms with E-state index in [0.29, 0.717) is 5.56 Å². The molecular weight excluding hydrogens is 337 g/mol. The lowest BCUT2D eigenvalue weighted by Gasteiger charge is -2.26. The van der Waals surface area contributed by atoms with E-state index in [0.717, 1.165) is 16.7 Å². The van der Waals surface area contributed by atoms with E-state index in [-0.39, 0.29) is 13.0 Å². The van der Waals surface area contributed by atoms with Gasteiger partial charge >= 0.3 is 0 Å². The Labute approximate surface area is 158 Å². The summed E-state index contributed by atoms with van der Waals surface area (Å²) in [6.07, 6.45) is 3.26. The van der Waals surface area contributed by atoms with Crippen molar-refractivity contribution in [3.63, 3.8) is 0 Å². The van der Waals surface area contributed by atoms with Crippen molar-refractivity contribution < 1.29 is 4.39 Å². The quantitative estimate of drug-likeness (QED) is 0.483. The number of benzene rings is 3. The number of rotatable bonds is 6. The van der Waals surface area contributed by atoms with E-state index < -0.39 is 5.67 Å². The summed E-state index contributed by atoms with van der Waals surface area (Å²) in [5.41, 5.74) is 2.20. The van der Waals surface area contributed by atoms with Gasteiger partial charge in [0, 0.05) is 6.42 Å². The third kappa shape index (κ3) is 3.95. The lowest BCUT2D eigenvalue weighted by molar-refractivity contribution is 0.130. The number of halogens is 1. The van der Waals surface area contributed by atoms with Crippen molar-refractivity contribution in [2.24, 2.45) is 0 Å². The van der Waals surface area contributed by atoms with Gasteiger partial charge in [0.1, 0.15) is 12.7 Å². The lowest BCUT2D eigenvalue weighted by Crippen LogP contribution is -2.29. The maximum Gasteiger partial charge on any atom is 0.159 e. The summed E-state index contributed by atoms with van der Waals surface area (Å²) in [7, 11) is 0. The molecule has 0 N–H and O–H groups in total. The van der Waals surface area contributed by atoms with Crippen LogP contribution in [0.1, 0.15) is 11.1 Å². The van der Waals surface area contributed by atoms with Crippen LogP contribution in [0.25, 0.3) is 11.1 Å². The van der Waals surface area contributed by atoms with Crippen molar-refractivity contribution >= 4 is 0 Å². The Morgan fingerprint density at radius 3 is 2.04 bits per heavy atom. The topological polar surface area (TPSA) is 30.7 Å². The molecule has 0 aliphatic rings. The van der Waals surface area contributed by atoms with Gasteiger partial charge < -0.3 is 0 Å². The van der Waals surface area contributed by atoms with E-state index in [1.807, 2.05) is 72.8 Å². The molecule has 4 heteroatoms. The number of hydrogen-bond donors (Lipinski definition) is 0. The summed E-state index contributed by atoms with van der Waals surface area (Å²) in [6.45, 7) is 0.118. The van der Waals surface area contributed by atoms with Gasteiger partial charge in [0.2, 0.25) is 0 Å². The van der Waals surface area contributed by atoms with Crippen LogP contribution in [0.15, 0.2) is 97.6 Å². The second-order valence-electron chi connectivity index (χ2n) is 6.66. The Balaban J connectivity index is 1.67. The van der Waals surface area contributed by atoms with E-state index in [9.17, 15) is 0 Å². The summed E-state index contributed by atoms with van der Waals surface area (Å²) in [4.78, 5) is 3.95. The zero-order valence-corrected chi connectivity index (χ0v) is 14.9. The van der Waals surface area contributed by atoms with Gasteiger partial charge in [0.25, 0.3) is 0 Å². The van der Waals surface area contributed by atoms with Crippen LogP contribution in [0.3, 0.4) is 0 Å². The van der Waals surface area contributed by atoms with Crippen molar-refractivity contribution in [2.75, 3.05) is 0 Å². The van der Waals surface area contributed by atoms with Gasteiger partial charge in [-0.25, -0.2) is 14.1 Å². The van der Waals surface area contributed by atoms with Crippen LogP contribution in [0, 0.1) is 0 Å². The van der Waals surface area contributed by atoms with Crippen molar-refractivity contribution in [3.8, 4) is 11.1 Å². The Morgan fingerprint density at radius 2 is 1.41 bits per heavy atom. The molecule has 4 rings (SSSR count). The predicted octanol–water partition coefficient (Wildman–Crippen LogP) is 5.05. The molecule has 0 saturated heterocycles. The molecule has 1 heterocycles. The number of nitrogens with zero attached hydrogens (tertiary/aromatic N) is 3. The highest BCUT2D eigenvalue weighted by Gasteiger charge is 2.33. The molecule has 1 aromatic heterocycles. The molecule has 27 heavy (non-hydrogen) atoms. The second kappa shape index (κ2) is 7.54. The van der Waals surface area contributed by atoms with Crippen molar-refractivity contribution in [3.05, 3.63) is 109 Å². The molecule has 134 valence electrons. The molecule has 0 aliphatic heterocycles. The van der Waals surface area contributed by atoms with E-state index in [1.54, 1.807) is 11.0 Å². The summed E-state index contributed by atoms with van der Waals surface area (Å²) in [5, 5.41) is 4.10. The highest BCUT2D eigenvalue weighted by atomic mass is 19.1. The molecule has 0 saturated carbocycles. The smallest absolute Gasteiger partial charge is 0.159 e. The first-order valence-corrected chi connectivity index (χ1v) is 8.94. The van der Waals surface area contributed by atoms with Crippen LogP contribution in [0.4, 0.5) is 4.39 Å². The molecule has 0 fully saturated rings. The maximum absolute atomic E-state index is 16.2. The maximum atomic E-state index is 16.2. The fourth-order valence-corrected chi connectivity index (χ4v) is 3.33. The minimum absolute atomic E-state index is 0.118. The lowest BCUT2D eigenvalue weighted by atomic mass is 9.88. The molecule has 0 aliphatic carbocycles. The van der Waals surface area contributed by atoms with E-state index in [1.165, 1.54) is 6.33 Å². The number of hydrogen-bond acceptors (Lipinski definition) is 2. The normalized spacial score (nSPS) is 13.2. The standard InChI is InChI=1S/C23H20FN3/c24-23(16-27-18-25-17-26-27,15-19-7-3-1-4-8-19)22-13-11-21(12-14-22)20-9-5-2-6-10-20/h1-14,17-18H,15-16H2. The van der Waals surface area contributed by atoms with Crippen LogP contribution in [-0.2, 0) is 18.6 Å². The zero-order valence-electron chi connectivity index (χ0n) is 14.9. The largest absolute Gasteiger partial charge is 0.249 e. The summed E-state index contributed by atoms with van der Waals surface area (Å²) in [5.74, 6) is 0. The van der Waals surface area contributed by atoms with E-state index in [4.69, 9.17) is 0 Å². The molecule has 0 spiro atoms. The summed E-state index contributed by atoms with van der Waals surface area (Å²) in [6, 6.07) is 27.5. The molecule has 0 radical (unpaired) electrons. The van der Waals surface area contributed by atoms with Gasteiger partial charge in [0.15, 0.2) is 5.67 Å². The average molecular weight is 357 g/mol. The van der Waals surface area contributed by atoms with Gasteiger partial charge in [-0.2, -0.15) is 5.10 Å². The summed E-state index contributed by atoms with van der Waals surface area (Å²) < 4.78 is 17.8. The first kappa shape index (κ1) is 17.2. The highest BCUT2D eigenvalue weighted by molar-refractivity contribution is 5.63. The Kier molecular flexibility index (Phi) is 4.79. The van der Waals surface area contributed by atoms with E-state index in [2.05, 4.69) is 22.2 Å². The highest BCUT2D eigenvalue weighted by Crippen LogP contribution is 2.33. The van der Waals surface area contributed by atoms with Gasteiger partial charge in [0.05, 0.1) is 6.54 Å². The number of aromatic nitrogens is 3. The van der Waals surface area contributed by atoms with Crippen LogP contribution >= 0.6 is 0 Å². The van der Waals surface area contributed by atoms with Gasteiger partial charge in [-0.15, -0.1) is 0 Å². The number of alkyl halides is 1. The molecule has 0 amide bonds. The fourth-order valence-electron chi connectivity index (χ4n) is 3.33. The SMILES string of the molecule is FC(Cc1ccccc1)(Cn1cncn1)c1ccc(-c2ccccc2)cc1. The molecule has 3 aromatic carbocycles. The second-order valence-corrected chi connectivity index (χ2v) is 6.66. The Morgan fingerprint density at radius 1 is 0.778 bits per heavy atom. The third-order valence-corrected chi connectivity index (χ3v) is 4.72. The molecule has 1 atom stereocenters. The van der Waals surface area contributed by atoms with Gasteiger partial charge in [-0.1, -0.05) is 84.9 Å². The van der Waals surface area contributed by atoms with Gasteiger partial charge in [-0.3, -0.25) is 0 Å². The zero-order chi connectivity index (χ0) is 18.5. The van der Waals surface area contributed by atoms with Crippen LogP contribution < -0.4 is 0 Å². The first-order valence-electron chi connectivity index (χ1n) is 8.94. The van der Waals surface area contributed by atoms with Crippen molar-refractivity contribution in [2.45, 2.75) is 18.6 Å². The molecular formula is C23H20FN3. The summed E-state index contributed by atoms with van der Waals surface area (Å²) >= 11 is 0. The van der Waals surface area contributed by atoms with E-state index >= 15 is 4.39 Å². The Bertz CT molecular complexity index is 967. The van der Waals surface area contributed by atoms with Crippen LogP contribution in [0.5, 0.6) is 0 Å². The average Bonchev–Trinajstić information content (AvgIpc) is 3.22. The van der Waals surface area contributed by atoms with Gasteiger partial charge in [-0.05, 0) is 22.3 Å². The fraction of sp³-hybridized carbons (Fsp3) is 0.130. The molecule has 3 nitrogen and oxygen atoms in total. The monoisotopic (exact) mass is 357 g/mol. The van der Waals surface area contributed by atoms with Crippen LogP contribution in [0.2, 0.25) is 0 Å².